The van der Waals surface area contributed by atoms with Crippen molar-refractivity contribution in [1.29, 1.82) is 0 Å². The van der Waals surface area contributed by atoms with Crippen LogP contribution in [0.1, 0.15) is 56.9 Å². The summed E-state index contributed by atoms with van der Waals surface area (Å²) >= 11 is 0. The van der Waals surface area contributed by atoms with Gasteiger partial charge in [-0.15, -0.1) is 0 Å². The Kier molecular flexibility index (Phi) is 13.2. The minimum Gasteiger partial charge on any atom is -0.508 e. The molecule has 7 N–H and O–H groups in total. The summed E-state index contributed by atoms with van der Waals surface area (Å²) in [5, 5.41) is 36.7. The standard InChI is InChI=1S/C27H40N4O10S/c1-42(40,41)31-21(6-2-5-13-28-17-32)23(34)29-16-19(24(35)36)15-27(11-3-4-12-27)26(39)30-22(25(37)38)14-18-7-9-20(33)10-8-18/h7-10,17,19,21-22,31,33H,2-6,11-16H2,1H3,(H,28,32)(H,29,34)(H,30,39)(H,35,36)(H,37,38)/t19-,21-,22-/m0/s1. The maximum absolute atomic E-state index is 13.5. The van der Waals surface area contributed by atoms with Gasteiger partial charge in [-0.05, 0) is 56.2 Å². The average molecular weight is 613 g/mol. The third-order valence-electron chi connectivity index (χ3n) is 7.35. The van der Waals surface area contributed by atoms with E-state index < -0.39 is 57.2 Å². The third-order valence-corrected chi connectivity index (χ3v) is 8.06. The van der Waals surface area contributed by atoms with Gasteiger partial charge in [0, 0.05) is 19.5 Å². The van der Waals surface area contributed by atoms with Gasteiger partial charge in [0.15, 0.2) is 0 Å². The van der Waals surface area contributed by atoms with Crippen molar-refractivity contribution in [1.82, 2.24) is 20.7 Å². The zero-order valence-corrected chi connectivity index (χ0v) is 24.3. The van der Waals surface area contributed by atoms with Crippen molar-refractivity contribution in [2.24, 2.45) is 11.3 Å². The van der Waals surface area contributed by atoms with Crippen LogP contribution in [0.2, 0.25) is 0 Å². The number of aliphatic carboxylic acids is 2. The van der Waals surface area contributed by atoms with Crippen LogP contribution >= 0.6 is 0 Å². The molecule has 1 aromatic rings. The predicted octanol–water partition coefficient (Wildman–Crippen LogP) is 0.106. The lowest BCUT2D eigenvalue weighted by atomic mass is 9.76. The van der Waals surface area contributed by atoms with E-state index in [1.54, 1.807) is 12.1 Å². The second-order valence-electron chi connectivity index (χ2n) is 10.7. The maximum atomic E-state index is 13.5. The molecule has 0 heterocycles. The second kappa shape index (κ2) is 16.1. The summed E-state index contributed by atoms with van der Waals surface area (Å²) in [6, 6.07) is 3.44. The topological polar surface area (TPSA) is 228 Å². The fraction of sp³-hybridized carbons (Fsp3) is 0.593. The molecule has 1 aliphatic rings. The molecule has 0 aromatic heterocycles. The van der Waals surface area contributed by atoms with Crippen LogP contribution in [0.15, 0.2) is 24.3 Å². The SMILES string of the molecule is CS(=O)(=O)N[C@@H](CCCCNC=O)C(=O)NC[C@H](CC1(C(=O)N[C@@H](Cc2ccc(O)cc2)C(=O)O)CCCC1)C(=O)O. The highest BCUT2D eigenvalue weighted by Crippen LogP contribution is 2.43. The molecular formula is C27H40N4O10S. The number of unbranched alkanes of at least 4 members (excludes halogenated alkanes) is 1. The number of carbonyl (C=O) groups is 5. The van der Waals surface area contributed by atoms with E-state index in [4.69, 9.17) is 0 Å². The van der Waals surface area contributed by atoms with Crippen LogP contribution in [0.4, 0.5) is 0 Å². The van der Waals surface area contributed by atoms with Gasteiger partial charge in [0.25, 0.3) is 0 Å². The normalized spacial score (nSPS) is 16.5. The van der Waals surface area contributed by atoms with Crippen molar-refractivity contribution in [2.45, 2.75) is 69.9 Å². The lowest BCUT2D eigenvalue weighted by Crippen LogP contribution is -2.51. The van der Waals surface area contributed by atoms with Gasteiger partial charge < -0.3 is 31.3 Å². The molecule has 0 bridgehead atoms. The molecule has 0 radical (unpaired) electrons. The molecule has 234 valence electrons. The van der Waals surface area contributed by atoms with Crippen molar-refractivity contribution in [3.05, 3.63) is 29.8 Å². The van der Waals surface area contributed by atoms with Gasteiger partial charge in [-0.3, -0.25) is 19.2 Å². The Balaban J connectivity index is 2.11. The minimum absolute atomic E-state index is 0.0108. The quantitative estimate of drug-likeness (QED) is 0.0823. The number of carboxylic acid groups (broad SMARTS) is 2. The van der Waals surface area contributed by atoms with E-state index in [0.29, 0.717) is 57.0 Å². The van der Waals surface area contributed by atoms with Crippen LogP contribution in [0.5, 0.6) is 5.75 Å². The second-order valence-corrected chi connectivity index (χ2v) is 12.5. The number of aromatic hydroxyl groups is 1. The Labute approximate surface area is 244 Å². The highest BCUT2D eigenvalue weighted by atomic mass is 32.2. The molecular weight excluding hydrogens is 572 g/mol. The highest BCUT2D eigenvalue weighted by molar-refractivity contribution is 7.88. The number of amides is 3. The predicted molar refractivity (Wildman–Crippen MR) is 151 cm³/mol. The highest BCUT2D eigenvalue weighted by Gasteiger charge is 2.45. The number of sulfonamides is 1. The molecule has 14 nitrogen and oxygen atoms in total. The van der Waals surface area contributed by atoms with Crippen LogP contribution in [0.25, 0.3) is 0 Å². The molecule has 1 fully saturated rings. The lowest BCUT2D eigenvalue weighted by Gasteiger charge is -2.32. The summed E-state index contributed by atoms with van der Waals surface area (Å²) in [4.78, 5) is 60.9. The van der Waals surface area contributed by atoms with Gasteiger partial charge >= 0.3 is 11.9 Å². The smallest absolute Gasteiger partial charge is 0.326 e. The Morgan fingerprint density at radius 1 is 1.00 bits per heavy atom. The molecule has 1 aromatic carbocycles. The van der Waals surface area contributed by atoms with Gasteiger partial charge in [-0.25, -0.2) is 17.9 Å². The van der Waals surface area contributed by atoms with Crippen LogP contribution in [-0.4, -0.2) is 85.3 Å². The number of phenolic OH excluding ortho intramolecular Hbond substituents is 1. The Morgan fingerprint density at radius 2 is 1.64 bits per heavy atom. The van der Waals surface area contributed by atoms with Crippen molar-refractivity contribution in [3.63, 3.8) is 0 Å². The van der Waals surface area contributed by atoms with Crippen molar-refractivity contribution < 1.29 is 47.7 Å². The summed E-state index contributed by atoms with van der Waals surface area (Å²) in [6.07, 6.45) is 4.20. The first-order chi connectivity index (χ1) is 19.8. The average Bonchev–Trinajstić information content (AvgIpc) is 3.40. The summed E-state index contributed by atoms with van der Waals surface area (Å²) in [5.74, 6) is -5.02. The molecule has 1 saturated carbocycles. The van der Waals surface area contributed by atoms with Crippen LogP contribution < -0.4 is 20.7 Å². The van der Waals surface area contributed by atoms with E-state index in [9.17, 15) is 47.7 Å². The molecule has 0 unspecified atom stereocenters. The zero-order chi connectivity index (χ0) is 31.3. The molecule has 3 atom stereocenters. The van der Waals surface area contributed by atoms with Gasteiger partial charge in [0.2, 0.25) is 28.2 Å². The summed E-state index contributed by atoms with van der Waals surface area (Å²) < 4.78 is 25.8. The number of carbonyl (C=O) groups excluding carboxylic acids is 3. The number of phenols is 1. The van der Waals surface area contributed by atoms with Crippen molar-refractivity contribution in [3.8, 4) is 5.75 Å². The molecule has 15 heteroatoms. The Hall–Kier alpha value is -3.72. The molecule has 1 aliphatic carbocycles. The van der Waals surface area contributed by atoms with Crippen LogP contribution in [-0.2, 0) is 40.4 Å². The van der Waals surface area contributed by atoms with Gasteiger partial charge in [-0.2, -0.15) is 0 Å². The van der Waals surface area contributed by atoms with E-state index >= 15 is 0 Å². The molecule has 2 rings (SSSR count). The zero-order valence-electron chi connectivity index (χ0n) is 23.5. The first kappa shape index (κ1) is 34.5. The van der Waals surface area contributed by atoms with Crippen molar-refractivity contribution in [2.75, 3.05) is 19.3 Å². The molecule has 3 amide bonds. The summed E-state index contributed by atoms with van der Waals surface area (Å²) in [5.41, 5.74) is -0.587. The first-order valence-electron chi connectivity index (χ1n) is 13.7. The van der Waals surface area contributed by atoms with E-state index in [1.807, 2.05) is 0 Å². The van der Waals surface area contributed by atoms with Gasteiger partial charge in [-0.1, -0.05) is 25.0 Å². The Morgan fingerprint density at radius 3 is 2.19 bits per heavy atom. The number of hydrogen-bond donors (Lipinski definition) is 7. The van der Waals surface area contributed by atoms with Crippen LogP contribution in [0.3, 0.4) is 0 Å². The maximum Gasteiger partial charge on any atom is 0.326 e. The van der Waals surface area contributed by atoms with Crippen LogP contribution in [0, 0.1) is 11.3 Å². The van der Waals surface area contributed by atoms with Crippen molar-refractivity contribution >= 4 is 40.2 Å². The molecule has 0 aliphatic heterocycles. The summed E-state index contributed by atoms with van der Waals surface area (Å²) in [7, 11) is -3.77. The number of rotatable bonds is 19. The van der Waals surface area contributed by atoms with Gasteiger partial charge in [0.05, 0.1) is 17.6 Å². The molecule has 42 heavy (non-hydrogen) atoms. The Bertz CT molecular complexity index is 1200. The largest absolute Gasteiger partial charge is 0.508 e. The minimum atomic E-state index is -3.77. The monoisotopic (exact) mass is 612 g/mol. The van der Waals surface area contributed by atoms with E-state index in [1.165, 1.54) is 12.1 Å². The fourth-order valence-corrected chi connectivity index (χ4v) is 5.90. The summed E-state index contributed by atoms with van der Waals surface area (Å²) in [6.45, 7) is -0.0205. The molecule has 0 spiro atoms. The van der Waals surface area contributed by atoms with E-state index in [2.05, 4.69) is 20.7 Å². The first-order valence-corrected chi connectivity index (χ1v) is 15.6. The lowest BCUT2D eigenvalue weighted by molar-refractivity contribution is -0.147. The van der Waals surface area contributed by atoms with E-state index in [0.717, 1.165) is 6.26 Å². The number of benzene rings is 1. The fourth-order valence-electron chi connectivity index (χ4n) is 5.16. The third kappa shape index (κ3) is 11.3. The number of nitrogens with one attached hydrogen (secondary N) is 4. The van der Waals surface area contributed by atoms with E-state index in [-0.39, 0.29) is 31.6 Å². The number of hydrogen-bond acceptors (Lipinski definition) is 8. The molecule has 0 saturated heterocycles. The van der Waals surface area contributed by atoms with Gasteiger partial charge in [0.1, 0.15) is 17.8 Å². The number of carboxylic acids is 2.